The summed E-state index contributed by atoms with van der Waals surface area (Å²) in [6.07, 6.45) is 4.57. The van der Waals surface area contributed by atoms with E-state index < -0.39 is 0 Å². The zero-order valence-electron chi connectivity index (χ0n) is 14.5. The third-order valence-corrected chi connectivity index (χ3v) is 5.08. The summed E-state index contributed by atoms with van der Waals surface area (Å²) in [5.74, 6) is 1.67. The van der Waals surface area contributed by atoms with Crippen molar-refractivity contribution in [2.24, 2.45) is 0 Å². The Balaban J connectivity index is 1.61. The fourth-order valence-corrected chi connectivity index (χ4v) is 3.76. The van der Waals surface area contributed by atoms with E-state index in [1.165, 1.54) is 12.8 Å². The van der Waals surface area contributed by atoms with Crippen molar-refractivity contribution in [3.05, 3.63) is 59.2 Å². The van der Waals surface area contributed by atoms with Gasteiger partial charge in [-0.25, -0.2) is 0 Å². The summed E-state index contributed by atoms with van der Waals surface area (Å²) >= 11 is 0. The Bertz CT molecular complexity index is 780. The third kappa shape index (κ3) is 3.34. The second-order valence-corrected chi connectivity index (χ2v) is 6.93. The van der Waals surface area contributed by atoms with Crippen LogP contribution in [0.2, 0.25) is 0 Å². The fraction of sp³-hybridized carbons (Fsp3) is 0.381. The molecule has 2 aliphatic rings. The van der Waals surface area contributed by atoms with Crippen LogP contribution in [0.3, 0.4) is 0 Å². The molecule has 1 heterocycles. The average Bonchev–Trinajstić information content (AvgIpc) is 3.30. The van der Waals surface area contributed by atoms with Crippen LogP contribution in [0.5, 0.6) is 11.5 Å². The minimum absolute atomic E-state index is 0.119. The van der Waals surface area contributed by atoms with Crippen LogP contribution in [0, 0.1) is 6.92 Å². The standard InChI is InChI=1S/C21H23NO3/c1-15-5-4-6-17(11-15)21(23)22(18-7-2-3-8-18)13-16-9-10-19-20(12-16)25-14-24-19/h4-6,9-12,18H,2-3,7-8,13-14H2,1H3. The number of benzene rings is 2. The molecule has 0 bridgehead atoms. The lowest BCUT2D eigenvalue weighted by Gasteiger charge is -2.29. The summed E-state index contributed by atoms with van der Waals surface area (Å²) in [5, 5.41) is 0. The van der Waals surface area contributed by atoms with E-state index in [2.05, 4.69) is 0 Å². The minimum atomic E-state index is 0.119. The number of amides is 1. The summed E-state index contributed by atoms with van der Waals surface area (Å²) < 4.78 is 10.9. The SMILES string of the molecule is Cc1cccc(C(=O)N(Cc2ccc3c(c2)OCO3)C2CCCC2)c1. The molecule has 1 saturated carbocycles. The van der Waals surface area contributed by atoms with Gasteiger partial charge in [-0.3, -0.25) is 4.79 Å². The quantitative estimate of drug-likeness (QED) is 0.834. The van der Waals surface area contributed by atoms with E-state index in [1.807, 2.05) is 54.3 Å². The van der Waals surface area contributed by atoms with Gasteiger partial charge in [0.25, 0.3) is 5.91 Å². The maximum Gasteiger partial charge on any atom is 0.254 e. The Morgan fingerprint density at radius 1 is 1.08 bits per heavy atom. The van der Waals surface area contributed by atoms with Crippen LogP contribution in [0.4, 0.5) is 0 Å². The lowest BCUT2D eigenvalue weighted by Crippen LogP contribution is -2.38. The Labute approximate surface area is 148 Å². The Kier molecular flexibility index (Phi) is 4.35. The first-order valence-electron chi connectivity index (χ1n) is 8.97. The maximum absolute atomic E-state index is 13.2. The Morgan fingerprint density at radius 3 is 2.68 bits per heavy atom. The molecule has 0 spiro atoms. The first-order valence-corrected chi connectivity index (χ1v) is 8.97. The van der Waals surface area contributed by atoms with Crippen LogP contribution in [0.15, 0.2) is 42.5 Å². The van der Waals surface area contributed by atoms with Crippen molar-refractivity contribution in [3.63, 3.8) is 0 Å². The summed E-state index contributed by atoms with van der Waals surface area (Å²) in [4.78, 5) is 15.2. The molecule has 0 radical (unpaired) electrons. The molecule has 0 aromatic heterocycles. The topological polar surface area (TPSA) is 38.8 Å². The van der Waals surface area contributed by atoms with Gasteiger partial charge in [0.1, 0.15) is 0 Å². The minimum Gasteiger partial charge on any atom is -0.454 e. The van der Waals surface area contributed by atoms with Gasteiger partial charge >= 0.3 is 0 Å². The van der Waals surface area contributed by atoms with E-state index >= 15 is 0 Å². The van der Waals surface area contributed by atoms with Crippen LogP contribution >= 0.6 is 0 Å². The molecule has 2 aromatic carbocycles. The van der Waals surface area contributed by atoms with Crippen molar-refractivity contribution >= 4 is 5.91 Å². The van der Waals surface area contributed by atoms with Gasteiger partial charge in [0.15, 0.2) is 11.5 Å². The van der Waals surface area contributed by atoms with Crippen molar-refractivity contribution in [1.29, 1.82) is 0 Å². The zero-order valence-corrected chi connectivity index (χ0v) is 14.5. The largest absolute Gasteiger partial charge is 0.454 e. The highest BCUT2D eigenvalue weighted by Gasteiger charge is 2.28. The lowest BCUT2D eigenvalue weighted by molar-refractivity contribution is 0.0664. The first-order chi connectivity index (χ1) is 12.2. The molecule has 0 N–H and O–H groups in total. The van der Waals surface area contributed by atoms with Crippen molar-refractivity contribution in [3.8, 4) is 11.5 Å². The van der Waals surface area contributed by atoms with Crippen LogP contribution in [0.1, 0.15) is 47.2 Å². The van der Waals surface area contributed by atoms with Gasteiger partial charge in [0.2, 0.25) is 6.79 Å². The molecule has 4 heteroatoms. The number of fused-ring (bicyclic) bond motifs is 1. The average molecular weight is 337 g/mol. The van der Waals surface area contributed by atoms with E-state index in [1.54, 1.807) is 0 Å². The predicted molar refractivity (Wildman–Crippen MR) is 95.9 cm³/mol. The monoisotopic (exact) mass is 337 g/mol. The summed E-state index contributed by atoms with van der Waals surface area (Å²) in [6.45, 7) is 2.90. The van der Waals surface area contributed by atoms with Gasteiger partial charge < -0.3 is 14.4 Å². The van der Waals surface area contributed by atoms with Gasteiger partial charge in [0, 0.05) is 18.2 Å². The van der Waals surface area contributed by atoms with Crippen LogP contribution in [-0.2, 0) is 6.54 Å². The van der Waals surface area contributed by atoms with Gasteiger partial charge in [-0.15, -0.1) is 0 Å². The third-order valence-electron chi connectivity index (χ3n) is 5.08. The van der Waals surface area contributed by atoms with Crippen molar-refractivity contribution in [1.82, 2.24) is 4.90 Å². The number of aryl methyl sites for hydroxylation is 1. The van der Waals surface area contributed by atoms with E-state index in [0.29, 0.717) is 12.6 Å². The van der Waals surface area contributed by atoms with E-state index in [0.717, 1.165) is 41.0 Å². The molecule has 130 valence electrons. The van der Waals surface area contributed by atoms with E-state index in [9.17, 15) is 4.79 Å². The molecule has 2 aromatic rings. The first kappa shape index (κ1) is 16.0. The summed E-state index contributed by atoms with van der Waals surface area (Å²) in [5.41, 5.74) is 2.96. The molecule has 1 fully saturated rings. The van der Waals surface area contributed by atoms with E-state index in [4.69, 9.17) is 9.47 Å². The van der Waals surface area contributed by atoms with Crippen LogP contribution in [-0.4, -0.2) is 23.6 Å². The number of carbonyl (C=O) groups excluding carboxylic acids is 1. The fourth-order valence-electron chi connectivity index (χ4n) is 3.76. The molecule has 1 aliphatic carbocycles. The van der Waals surface area contributed by atoms with Crippen molar-refractivity contribution < 1.29 is 14.3 Å². The van der Waals surface area contributed by atoms with Gasteiger partial charge in [0.05, 0.1) is 0 Å². The molecule has 1 amide bonds. The maximum atomic E-state index is 13.2. The summed E-state index contributed by atoms with van der Waals surface area (Å²) in [6, 6.07) is 14.1. The van der Waals surface area contributed by atoms with Gasteiger partial charge in [-0.05, 0) is 49.6 Å². The van der Waals surface area contributed by atoms with Crippen LogP contribution in [0.25, 0.3) is 0 Å². The lowest BCUT2D eigenvalue weighted by atomic mass is 10.1. The highest BCUT2D eigenvalue weighted by Crippen LogP contribution is 2.34. The molecule has 25 heavy (non-hydrogen) atoms. The molecule has 0 atom stereocenters. The van der Waals surface area contributed by atoms with E-state index in [-0.39, 0.29) is 12.7 Å². The molecule has 4 nitrogen and oxygen atoms in total. The Morgan fingerprint density at radius 2 is 1.88 bits per heavy atom. The molecule has 0 saturated heterocycles. The normalized spacial score (nSPS) is 16.2. The second kappa shape index (κ2) is 6.79. The number of rotatable bonds is 4. The predicted octanol–water partition coefficient (Wildman–Crippen LogP) is 4.31. The number of carbonyl (C=O) groups is 1. The molecular formula is C21H23NO3. The highest BCUT2D eigenvalue weighted by molar-refractivity contribution is 5.94. The van der Waals surface area contributed by atoms with Gasteiger partial charge in [-0.1, -0.05) is 36.6 Å². The number of nitrogens with zero attached hydrogens (tertiary/aromatic N) is 1. The highest BCUT2D eigenvalue weighted by atomic mass is 16.7. The number of hydrogen-bond acceptors (Lipinski definition) is 3. The van der Waals surface area contributed by atoms with Crippen LogP contribution < -0.4 is 9.47 Å². The smallest absolute Gasteiger partial charge is 0.254 e. The number of ether oxygens (including phenoxy) is 2. The summed E-state index contributed by atoms with van der Waals surface area (Å²) in [7, 11) is 0. The molecule has 4 rings (SSSR count). The Hall–Kier alpha value is -2.49. The van der Waals surface area contributed by atoms with Crippen molar-refractivity contribution in [2.45, 2.75) is 45.2 Å². The van der Waals surface area contributed by atoms with Crippen molar-refractivity contribution in [2.75, 3.05) is 6.79 Å². The molecule has 1 aliphatic heterocycles. The zero-order chi connectivity index (χ0) is 17.2. The van der Waals surface area contributed by atoms with Gasteiger partial charge in [-0.2, -0.15) is 0 Å². The second-order valence-electron chi connectivity index (χ2n) is 6.93. The molecule has 0 unspecified atom stereocenters. The molecular weight excluding hydrogens is 314 g/mol. The number of hydrogen-bond donors (Lipinski definition) is 0.